The number of hydrogen-bond acceptors (Lipinski definition) is 6. The number of hydrogen-bond donors (Lipinski definition) is 1. The van der Waals surface area contributed by atoms with Gasteiger partial charge in [-0.3, -0.25) is 4.90 Å². The summed E-state index contributed by atoms with van der Waals surface area (Å²) in [5.74, 6) is 1.27. The fraction of sp³-hybridized carbons (Fsp3) is 0.600. The van der Waals surface area contributed by atoms with E-state index >= 15 is 0 Å². The molecular weight excluding hydrogens is 284 g/mol. The third-order valence-electron chi connectivity index (χ3n) is 4.10. The number of aromatic nitrogens is 3. The van der Waals surface area contributed by atoms with E-state index in [2.05, 4.69) is 15.1 Å². The molecule has 0 spiro atoms. The molecule has 0 aliphatic carbocycles. The standard InChI is InChI=1S/C15H22N4O3/c1-11-3-4-13(18(11)2)15-17-16-14(22-15)8-19-5-6-21-10-12(7-19)9-20/h3-4,12,20H,5-10H2,1-2H3. The molecule has 1 unspecified atom stereocenters. The first-order valence-electron chi connectivity index (χ1n) is 7.53. The summed E-state index contributed by atoms with van der Waals surface area (Å²) in [4.78, 5) is 2.18. The quantitative estimate of drug-likeness (QED) is 0.901. The summed E-state index contributed by atoms with van der Waals surface area (Å²) in [6.07, 6.45) is 0. The van der Waals surface area contributed by atoms with E-state index in [4.69, 9.17) is 9.15 Å². The van der Waals surface area contributed by atoms with Crippen molar-refractivity contribution in [2.45, 2.75) is 13.5 Å². The molecule has 7 nitrogen and oxygen atoms in total. The van der Waals surface area contributed by atoms with Crippen molar-refractivity contribution in [1.82, 2.24) is 19.7 Å². The average molecular weight is 306 g/mol. The predicted molar refractivity (Wildman–Crippen MR) is 80.1 cm³/mol. The molecule has 1 fully saturated rings. The minimum atomic E-state index is 0.133. The lowest BCUT2D eigenvalue weighted by molar-refractivity contribution is 0.0957. The van der Waals surface area contributed by atoms with Gasteiger partial charge in [0.1, 0.15) is 5.69 Å². The summed E-state index contributed by atoms with van der Waals surface area (Å²) < 4.78 is 13.3. The van der Waals surface area contributed by atoms with Gasteiger partial charge >= 0.3 is 0 Å². The molecule has 120 valence electrons. The minimum absolute atomic E-state index is 0.133. The van der Waals surface area contributed by atoms with Crippen LogP contribution < -0.4 is 0 Å². The number of nitrogens with zero attached hydrogens (tertiary/aromatic N) is 4. The van der Waals surface area contributed by atoms with Gasteiger partial charge in [0.05, 0.1) is 19.8 Å². The van der Waals surface area contributed by atoms with Crippen LogP contribution in [0.4, 0.5) is 0 Å². The number of aliphatic hydroxyl groups excluding tert-OH is 1. The molecule has 1 atom stereocenters. The van der Waals surface area contributed by atoms with Gasteiger partial charge < -0.3 is 18.8 Å². The summed E-state index contributed by atoms with van der Waals surface area (Å²) in [5, 5.41) is 17.6. The highest BCUT2D eigenvalue weighted by Gasteiger charge is 2.20. The van der Waals surface area contributed by atoms with Crippen LogP contribution in [0.25, 0.3) is 11.6 Å². The third kappa shape index (κ3) is 3.21. The van der Waals surface area contributed by atoms with Crippen molar-refractivity contribution >= 4 is 0 Å². The maximum atomic E-state index is 9.32. The Labute approximate surface area is 129 Å². The molecule has 2 aromatic heterocycles. The summed E-state index contributed by atoms with van der Waals surface area (Å²) in [7, 11) is 1.98. The van der Waals surface area contributed by atoms with E-state index in [9.17, 15) is 5.11 Å². The smallest absolute Gasteiger partial charge is 0.264 e. The fourth-order valence-corrected chi connectivity index (χ4v) is 2.65. The molecule has 1 N–H and O–H groups in total. The lowest BCUT2D eigenvalue weighted by atomic mass is 10.1. The Morgan fingerprint density at radius 1 is 1.36 bits per heavy atom. The molecule has 0 amide bonds. The van der Waals surface area contributed by atoms with Crippen molar-refractivity contribution in [1.29, 1.82) is 0 Å². The average Bonchev–Trinajstić information content (AvgIpc) is 3.01. The van der Waals surface area contributed by atoms with Gasteiger partial charge in [-0.05, 0) is 19.1 Å². The van der Waals surface area contributed by atoms with E-state index in [0.29, 0.717) is 31.5 Å². The second kappa shape index (κ2) is 6.60. The Bertz CT molecular complexity index is 622. The molecule has 1 aliphatic heterocycles. The Balaban J connectivity index is 1.70. The molecule has 1 aliphatic rings. The zero-order chi connectivity index (χ0) is 15.5. The molecular formula is C15H22N4O3. The summed E-state index contributed by atoms with van der Waals surface area (Å²) in [6.45, 7) is 5.59. The van der Waals surface area contributed by atoms with Gasteiger partial charge in [0.15, 0.2) is 0 Å². The molecule has 0 radical (unpaired) electrons. The van der Waals surface area contributed by atoms with Gasteiger partial charge in [0.25, 0.3) is 5.89 Å². The van der Waals surface area contributed by atoms with E-state index in [0.717, 1.165) is 24.5 Å². The monoisotopic (exact) mass is 306 g/mol. The van der Waals surface area contributed by atoms with Crippen molar-refractivity contribution in [3.8, 4) is 11.6 Å². The SMILES string of the molecule is Cc1ccc(-c2nnc(CN3CCOCC(CO)C3)o2)n1C. The number of rotatable bonds is 4. The van der Waals surface area contributed by atoms with Crippen molar-refractivity contribution in [2.24, 2.45) is 13.0 Å². The van der Waals surface area contributed by atoms with Crippen molar-refractivity contribution in [3.63, 3.8) is 0 Å². The highest BCUT2D eigenvalue weighted by molar-refractivity contribution is 5.48. The van der Waals surface area contributed by atoms with E-state index in [1.807, 2.05) is 30.7 Å². The molecule has 0 bridgehead atoms. The van der Waals surface area contributed by atoms with E-state index in [1.54, 1.807) is 0 Å². The van der Waals surface area contributed by atoms with Crippen LogP contribution in [-0.4, -0.2) is 57.7 Å². The normalized spacial score (nSPS) is 20.2. The summed E-state index contributed by atoms with van der Waals surface area (Å²) in [5.41, 5.74) is 2.06. The minimum Gasteiger partial charge on any atom is -0.418 e. The van der Waals surface area contributed by atoms with Gasteiger partial charge in [0.2, 0.25) is 5.89 Å². The van der Waals surface area contributed by atoms with Crippen LogP contribution in [0.3, 0.4) is 0 Å². The summed E-state index contributed by atoms with van der Waals surface area (Å²) >= 11 is 0. The molecule has 3 heterocycles. The van der Waals surface area contributed by atoms with Crippen LogP contribution >= 0.6 is 0 Å². The largest absolute Gasteiger partial charge is 0.418 e. The van der Waals surface area contributed by atoms with Crippen LogP contribution in [0.1, 0.15) is 11.6 Å². The maximum absolute atomic E-state index is 9.32. The Kier molecular flexibility index (Phi) is 4.56. The van der Waals surface area contributed by atoms with Crippen molar-refractivity contribution in [2.75, 3.05) is 32.9 Å². The maximum Gasteiger partial charge on any atom is 0.264 e. The van der Waals surface area contributed by atoms with E-state index < -0.39 is 0 Å². The highest BCUT2D eigenvalue weighted by atomic mass is 16.5. The fourth-order valence-electron chi connectivity index (χ4n) is 2.65. The second-order valence-corrected chi connectivity index (χ2v) is 5.78. The Hall–Kier alpha value is -1.70. The predicted octanol–water partition coefficient (Wildman–Crippen LogP) is 0.824. The Morgan fingerprint density at radius 3 is 2.95 bits per heavy atom. The molecule has 22 heavy (non-hydrogen) atoms. The van der Waals surface area contributed by atoms with Gasteiger partial charge in [-0.1, -0.05) is 0 Å². The zero-order valence-corrected chi connectivity index (χ0v) is 13.0. The van der Waals surface area contributed by atoms with Crippen LogP contribution in [0.5, 0.6) is 0 Å². The molecule has 0 saturated carbocycles. The highest BCUT2D eigenvalue weighted by Crippen LogP contribution is 2.20. The van der Waals surface area contributed by atoms with Gasteiger partial charge in [-0.15, -0.1) is 10.2 Å². The molecule has 7 heteroatoms. The molecule has 1 saturated heterocycles. The third-order valence-corrected chi connectivity index (χ3v) is 4.10. The number of ether oxygens (including phenoxy) is 1. The number of aryl methyl sites for hydroxylation is 1. The number of aliphatic hydroxyl groups is 1. The topological polar surface area (TPSA) is 76.6 Å². The van der Waals surface area contributed by atoms with Gasteiger partial charge in [-0.2, -0.15) is 0 Å². The van der Waals surface area contributed by atoms with Crippen molar-refractivity contribution < 1.29 is 14.3 Å². The molecule has 3 rings (SSSR count). The Morgan fingerprint density at radius 2 is 2.23 bits per heavy atom. The lowest BCUT2D eigenvalue weighted by Crippen LogP contribution is -2.31. The lowest BCUT2D eigenvalue weighted by Gasteiger charge is -2.20. The summed E-state index contributed by atoms with van der Waals surface area (Å²) in [6, 6.07) is 4.01. The zero-order valence-electron chi connectivity index (χ0n) is 13.0. The van der Waals surface area contributed by atoms with Crippen LogP contribution in [0.15, 0.2) is 16.5 Å². The van der Waals surface area contributed by atoms with Crippen molar-refractivity contribution in [3.05, 3.63) is 23.7 Å². The first-order chi connectivity index (χ1) is 10.7. The van der Waals surface area contributed by atoms with E-state index in [1.165, 1.54) is 0 Å². The first kappa shape index (κ1) is 15.2. The van der Waals surface area contributed by atoms with Gasteiger partial charge in [0, 0.05) is 38.4 Å². The second-order valence-electron chi connectivity index (χ2n) is 5.78. The molecule has 2 aromatic rings. The molecule has 0 aromatic carbocycles. The van der Waals surface area contributed by atoms with Gasteiger partial charge in [-0.25, -0.2) is 0 Å². The van der Waals surface area contributed by atoms with Crippen LogP contribution in [0.2, 0.25) is 0 Å². The van der Waals surface area contributed by atoms with Crippen LogP contribution in [0, 0.1) is 12.8 Å². The van der Waals surface area contributed by atoms with E-state index in [-0.39, 0.29) is 12.5 Å². The van der Waals surface area contributed by atoms with Crippen LogP contribution in [-0.2, 0) is 18.3 Å². The first-order valence-corrected chi connectivity index (χ1v) is 7.53.